The summed E-state index contributed by atoms with van der Waals surface area (Å²) >= 11 is 0. The number of nitrogens with two attached hydrogens (primary N) is 2. The molecule has 342 valence electrons. The summed E-state index contributed by atoms with van der Waals surface area (Å²) in [6, 6.07) is 16.2. The fourth-order valence-electron chi connectivity index (χ4n) is 6.51. The molecule has 0 radical (unpaired) electrons. The molecule has 17 nitrogen and oxygen atoms in total. The SMILES string of the molecule is CCCCc1ccc(-c2ccc(C(=O)NCCC(=O)N[C@@H](CCCCN)C(=O)NC(C(=O)N[C@@H](C)C(=O)N[C@@H](CCCCN)C(=O)N[C@@H](C)B(O)O)c3ccc(O)cc3)cc2)cc1. The maximum Gasteiger partial charge on any atom is 0.475 e. The maximum absolute atomic E-state index is 13.9. The molecule has 0 heterocycles. The fourth-order valence-corrected chi connectivity index (χ4v) is 6.51. The normalized spacial score (nSPS) is 13.3. The first kappa shape index (κ1) is 51.5. The number of rotatable bonds is 27. The van der Waals surface area contributed by atoms with Gasteiger partial charge < -0.3 is 58.5 Å². The van der Waals surface area contributed by atoms with Crippen LogP contribution in [0, 0.1) is 0 Å². The molecule has 0 aliphatic carbocycles. The Bertz CT molecular complexity index is 1920. The van der Waals surface area contributed by atoms with Crippen molar-refractivity contribution in [3.05, 3.63) is 89.5 Å². The Morgan fingerprint density at radius 1 is 0.635 bits per heavy atom. The van der Waals surface area contributed by atoms with E-state index in [9.17, 15) is 43.9 Å². The predicted molar refractivity (Wildman–Crippen MR) is 242 cm³/mol. The minimum absolute atomic E-state index is 0.0147. The van der Waals surface area contributed by atoms with Crippen molar-refractivity contribution in [3.8, 4) is 16.9 Å². The van der Waals surface area contributed by atoms with Gasteiger partial charge in [0.2, 0.25) is 29.5 Å². The molecule has 1 unspecified atom stereocenters. The lowest BCUT2D eigenvalue weighted by atomic mass is 9.81. The molecule has 0 aromatic heterocycles. The van der Waals surface area contributed by atoms with E-state index in [0.717, 1.165) is 30.4 Å². The van der Waals surface area contributed by atoms with Gasteiger partial charge in [0, 0.05) is 18.5 Å². The molecule has 0 spiro atoms. The van der Waals surface area contributed by atoms with Crippen molar-refractivity contribution in [3.63, 3.8) is 0 Å². The molecule has 3 aromatic carbocycles. The third-order valence-corrected chi connectivity index (χ3v) is 10.4. The minimum Gasteiger partial charge on any atom is -0.508 e. The van der Waals surface area contributed by atoms with E-state index in [4.69, 9.17) is 11.5 Å². The number of aromatic hydroxyl groups is 1. The Balaban J connectivity index is 1.66. The van der Waals surface area contributed by atoms with Crippen LogP contribution in [0.1, 0.15) is 106 Å². The van der Waals surface area contributed by atoms with Gasteiger partial charge >= 0.3 is 7.12 Å². The Morgan fingerprint density at radius 2 is 1.19 bits per heavy atom. The van der Waals surface area contributed by atoms with Gasteiger partial charge in [-0.3, -0.25) is 28.8 Å². The molecule has 6 amide bonds. The zero-order chi connectivity index (χ0) is 46.3. The van der Waals surface area contributed by atoms with Gasteiger partial charge in [-0.2, -0.15) is 0 Å². The van der Waals surface area contributed by atoms with Gasteiger partial charge in [0.25, 0.3) is 5.91 Å². The molecule has 18 heteroatoms. The topological polar surface area (TPSA) is 287 Å². The Kier molecular flexibility index (Phi) is 22.3. The molecule has 3 aromatic rings. The number of aryl methyl sites for hydroxylation is 1. The summed E-state index contributed by atoms with van der Waals surface area (Å²) in [5.41, 5.74) is 15.3. The number of unbranched alkanes of at least 4 members (excludes halogenated alkanes) is 3. The van der Waals surface area contributed by atoms with Gasteiger partial charge in [-0.05, 0) is 125 Å². The van der Waals surface area contributed by atoms with Crippen LogP contribution in [0.4, 0.5) is 0 Å². The first-order chi connectivity index (χ1) is 30.2. The average molecular weight is 873 g/mol. The van der Waals surface area contributed by atoms with Crippen LogP contribution in [-0.2, 0) is 30.4 Å². The van der Waals surface area contributed by atoms with Crippen molar-refractivity contribution < 1.29 is 43.9 Å². The van der Waals surface area contributed by atoms with Crippen molar-refractivity contribution >= 4 is 42.6 Å². The van der Waals surface area contributed by atoms with Crippen LogP contribution >= 0.6 is 0 Å². The summed E-state index contributed by atoms with van der Waals surface area (Å²) in [5, 5.41) is 44.5. The number of nitrogens with one attached hydrogen (secondary N) is 6. The summed E-state index contributed by atoms with van der Waals surface area (Å²) < 4.78 is 0. The van der Waals surface area contributed by atoms with E-state index in [1.54, 1.807) is 12.1 Å². The summed E-state index contributed by atoms with van der Waals surface area (Å²) in [4.78, 5) is 80.1. The summed E-state index contributed by atoms with van der Waals surface area (Å²) in [7, 11) is -1.83. The number of benzene rings is 3. The van der Waals surface area contributed by atoms with E-state index >= 15 is 0 Å². The summed E-state index contributed by atoms with van der Waals surface area (Å²) in [5.74, 6) is -4.92. The van der Waals surface area contributed by atoms with Crippen molar-refractivity contribution in [2.24, 2.45) is 11.5 Å². The second-order valence-corrected chi connectivity index (χ2v) is 15.6. The molecule has 0 saturated heterocycles. The molecule has 3 rings (SSSR count). The van der Waals surface area contributed by atoms with Crippen molar-refractivity contribution in [2.45, 2.75) is 115 Å². The largest absolute Gasteiger partial charge is 0.508 e. The van der Waals surface area contributed by atoms with Gasteiger partial charge in [0.1, 0.15) is 29.9 Å². The molecule has 63 heavy (non-hydrogen) atoms. The summed E-state index contributed by atoms with van der Waals surface area (Å²) in [6.07, 6.45) is 5.57. The summed E-state index contributed by atoms with van der Waals surface area (Å²) in [6.45, 7) is 5.61. The van der Waals surface area contributed by atoms with Gasteiger partial charge in [-0.1, -0.05) is 61.9 Å². The van der Waals surface area contributed by atoms with E-state index in [0.29, 0.717) is 44.3 Å². The zero-order valence-corrected chi connectivity index (χ0v) is 36.5. The van der Waals surface area contributed by atoms with Crippen LogP contribution < -0.4 is 43.4 Å². The van der Waals surface area contributed by atoms with Crippen molar-refractivity contribution in [1.82, 2.24) is 31.9 Å². The highest BCUT2D eigenvalue weighted by Gasteiger charge is 2.32. The van der Waals surface area contributed by atoms with Crippen LogP contribution in [0.2, 0.25) is 0 Å². The highest BCUT2D eigenvalue weighted by atomic mass is 16.4. The molecule has 0 aliphatic heterocycles. The molecular weight excluding hydrogens is 807 g/mol. The van der Waals surface area contributed by atoms with Crippen LogP contribution in [0.5, 0.6) is 5.75 Å². The van der Waals surface area contributed by atoms with Gasteiger partial charge in [-0.25, -0.2) is 0 Å². The lowest BCUT2D eigenvalue weighted by Gasteiger charge is -2.26. The lowest BCUT2D eigenvalue weighted by Crippen LogP contribution is -2.56. The maximum atomic E-state index is 13.9. The standard InChI is InChI=1S/C45H65BN8O9/c1-4-5-10-31-13-15-32(16-14-31)33-17-19-35(20-18-33)42(58)49-28-25-39(56)52-37(11-6-8-26-47)44(60)54-40(34-21-23-36(55)24-22-34)45(61)50-29(2)41(57)53-38(12-7-9-27-48)43(59)51-30(3)46(62)63/h13-24,29-30,37-38,40,55,62-63H,4-12,25-28,47-48H2,1-3H3,(H,49,58)(H,50,61)(H,51,59)(H,52,56)(H,53,57)(H,54,60)/t29-,30-,37-,38-,40?/m0/s1. The first-order valence-electron chi connectivity index (χ1n) is 21.7. The number of hydrogen-bond acceptors (Lipinski definition) is 11. The zero-order valence-electron chi connectivity index (χ0n) is 36.5. The monoisotopic (exact) mass is 872 g/mol. The molecular formula is C45H65BN8O9. The van der Waals surface area contributed by atoms with Gasteiger partial charge in [0.05, 0.1) is 5.94 Å². The second kappa shape index (κ2) is 27.3. The van der Waals surface area contributed by atoms with E-state index in [-0.39, 0.29) is 43.0 Å². The van der Waals surface area contributed by atoms with E-state index < -0.39 is 66.8 Å². The van der Waals surface area contributed by atoms with Crippen molar-refractivity contribution in [2.75, 3.05) is 19.6 Å². The van der Waals surface area contributed by atoms with Gasteiger partial charge in [0.15, 0.2) is 0 Å². The van der Waals surface area contributed by atoms with Crippen LogP contribution in [0.25, 0.3) is 11.1 Å². The van der Waals surface area contributed by atoms with E-state index in [1.807, 2.05) is 12.1 Å². The second-order valence-electron chi connectivity index (χ2n) is 15.6. The number of amides is 6. The number of hydrogen-bond donors (Lipinski definition) is 11. The lowest BCUT2D eigenvalue weighted by molar-refractivity contribution is -0.134. The highest BCUT2D eigenvalue weighted by molar-refractivity contribution is 6.43. The molecule has 0 saturated carbocycles. The first-order valence-corrected chi connectivity index (χ1v) is 21.7. The third kappa shape index (κ3) is 17.8. The molecule has 13 N–H and O–H groups in total. The van der Waals surface area contributed by atoms with Crippen LogP contribution in [-0.4, -0.2) is 101 Å². The number of carbonyl (C=O) groups excluding carboxylic acids is 6. The Labute approximate surface area is 370 Å². The highest BCUT2D eigenvalue weighted by Crippen LogP contribution is 2.22. The predicted octanol–water partition coefficient (Wildman–Crippen LogP) is 1.63. The van der Waals surface area contributed by atoms with Crippen LogP contribution in [0.15, 0.2) is 72.8 Å². The number of phenolic OH excluding ortho intramolecular Hbond substituents is 1. The minimum atomic E-state index is -1.83. The fraction of sp³-hybridized carbons (Fsp3) is 0.467. The third-order valence-electron chi connectivity index (χ3n) is 10.4. The average Bonchev–Trinajstić information content (AvgIpc) is 3.27. The van der Waals surface area contributed by atoms with Crippen LogP contribution in [0.3, 0.4) is 0 Å². The van der Waals surface area contributed by atoms with Crippen molar-refractivity contribution in [1.29, 1.82) is 0 Å². The van der Waals surface area contributed by atoms with E-state index in [2.05, 4.69) is 63.1 Å². The number of phenols is 1. The van der Waals surface area contributed by atoms with E-state index in [1.165, 1.54) is 43.7 Å². The quantitative estimate of drug-likeness (QED) is 0.0387. The molecule has 0 aliphatic rings. The number of carbonyl (C=O) groups is 6. The Hall–Kier alpha value is -5.82. The molecule has 5 atom stereocenters. The Morgan fingerprint density at radius 3 is 1.75 bits per heavy atom. The van der Waals surface area contributed by atoms with Gasteiger partial charge in [-0.15, -0.1) is 0 Å². The molecule has 0 fully saturated rings. The smallest absolute Gasteiger partial charge is 0.475 e. The molecule has 0 bridgehead atoms.